The molecular weight excluding hydrogens is 485 g/mol. The highest BCUT2D eigenvalue weighted by Crippen LogP contribution is 2.32. The second kappa shape index (κ2) is 8.65. The molecule has 1 aromatic heterocycles. The molecule has 0 spiro atoms. The first kappa shape index (κ1) is 21.9. The molecule has 10 heteroatoms. The summed E-state index contributed by atoms with van der Waals surface area (Å²) in [6.07, 6.45) is 0. The molecule has 1 aliphatic heterocycles. The highest BCUT2D eigenvalue weighted by molar-refractivity contribution is 7.89. The average Bonchev–Trinajstić information content (AvgIpc) is 3.21. The minimum atomic E-state index is -3.69. The molecule has 0 unspecified atom stereocenters. The van der Waals surface area contributed by atoms with E-state index in [1.54, 1.807) is 18.3 Å². The van der Waals surface area contributed by atoms with Gasteiger partial charge in [0.25, 0.3) is 0 Å². The number of aromatic nitrogens is 1. The van der Waals surface area contributed by atoms with Gasteiger partial charge in [0.15, 0.2) is 5.13 Å². The fourth-order valence-corrected chi connectivity index (χ4v) is 6.49. The molecular formula is C20H18Cl3N3O2S2. The lowest BCUT2D eigenvalue weighted by atomic mass is 10.2. The third kappa shape index (κ3) is 4.33. The SMILES string of the molecule is Cc1cc(S(=O)(=O)N2CCN(c3nc(-c4ccc(Cl)cc4)cs3)CC2)c(Cl)cc1Cl. The molecule has 0 saturated carbocycles. The van der Waals surface area contributed by atoms with Crippen LogP contribution in [0.4, 0.5) is 5.13 Å². The summed E-state index contributed by atoms with van der Waals surface area (Å²) in [7, 11) is -3.69. The molecule has 1 fully saturated rings. The van der Waals surface area contributed by atoms with Gasteiger partial charge in [-0.1, -0.05) is 46.9 Å². The summed E-state index contributed by atoms with van der Waals surface area (Å²) < 4.78 is 27.6. The first-order valence-corrected chi connectivity index (χ1v) is 12.6. The van der Waals surface area contributed by atoms with Crippen LogP contribution in [-0.2, 0) is 10.0 Å². The van der Waals surface area contributed by atoms with Crippen LogP contribution in [0.2, 0.25) is 15.1 Å². The molecule has 30 heavy (non-hydrogen) atoms. The lowest BCUT2D eigenvalue weighted by molar-refractivity contribution is 0.385. The Hall–Kier alpha value is -1.35. The molecule has 3 aromatic rings. The minimum absolute atomic E-state index is 0.0961. The van der Waals surface area contributed by atoms with Gasteiger partial charge in [-0.3, -0.25) is 0 Å². The quantitative estimate of drug-likeness (QED) is 0.467. The molecule has 0 bridgehead atoms. The number of sulfonamides is 1. The minimum Gasteiger partial charge on any atom is -0.345 e. The van der Waals surface area contributed by atoms with E-state index >= 15 is 0 Å². The lowest BCUT2D eigenvalue weighted by Gasteiger charge is -2.34. The first-order valence-electron chi connectivity index (χ1n) is 9.18. The van der Waals surface area contributed by atoms with Gasteiger partial charge in [-0.15, -0.1) is 11.3 Å². The predicted octanol–water partition coefficient (Wildman–Crippen LogP) is 5.59. The maximum Gasteiger partial charge on any atom is 0.244 e. The molecule has 2 heterocycles. The van der Waals surface area contributed by atoms with Crippen LogP contribution in [0.15, 0.2) is 46.7 Å². The van der Waals surface area contributed by atoms with Gasteiger partial charge >= 0.3 is 0 Å². The zero-order valence-electron chi connectivity index (χ0n) is 16.0. The number of nitrogens with zero attached hydrogens (tertiary/aromatic N) is 3. The Kier molecular flexibility index (Phi) is 6.30. The number of thiazole rings is 1. The number of benzene rings is 2. The molecule has 5 nitrogen and oxygen atoms in total. The van der Waals surface area contributed by atoms with Crippen LogP contribution < -0.4 is 4.90 Å². The molecule has 0 N–H and O–H groups in total. The molecule has 0 atom stereocenters. The summed E-state index contributed by atoms with van der Waals surface area (Å²) in [6.45, 7) is 3.58. The Bertz CT molecular complexity index is 1170. The Balaban J connectivity index is 1.48. The van der Waals surface area contributed by atoms with Crippen LogP contribution in [0.1, 0.15) is 5.56 Å². The van der Waals surface area contributed by atoms with Crippen molar-refractivity contribution in [3.05, 3.63) is 62.4 Å². The van der Waals surface area contributed by atoms with E-state index in [1.807, 2.05) is 29.6 Å². The number of piperazine rings is 1. The number of hydrogen-bond donors (Lipinski definition) is 0. The van der Waals surface area contributed by atoms with Crippen molar-refractivity contribution in [1.29, 1.82) is 0 Å². The van der Waals surface area contributed by atoms with Crippen LogP contribution >= 0.6 is 46.1 Å². The molecule has 0 radical (unpaired) electrons. The van der Waals surface area contributed by atoms with E-state index in [9.17, 15) is 8.42 Å². The van der Waals surface area contributed by atoms with Gasteiger partial charge in [-0.25, -0.2) is 13.4 Å². The number of hydrogen-bond acceptors (Lipinski definition) is 5. The maximum absolute atomic E-state index is 13.1. The highest BCUT2D eigenvalue weighted by Gasteiger charge is 2.31. The Morgan fingerprint density at radius 1 is 0.967 bits per heavy atom. The normalized spacial score (nSPS) is 15.5. The van der Waals surface area contributed by atoms with Gasteiger partial charge in [0.2, 0.25) is 10.0 Å². The third-order valence-electron chi connectivity index (χ3n) is 4.97. The summed E-state index contributed by atoms with van der Waals surface area (Å²) in [5, 5.41) is 4.14. The Labute approximate surface area is 194 Å². The van der Waals surface area contributed by atoms with Gasteiger partial charge < -0.3 is 4.90 Å². The number of halogens is 3. The molecule has 1 saturated heterocycles. The van der Waals surface area contributed by atoms with Crippen LogP contribution in [0, 0.1) is 6.92 Å². The van der Waals surface area contributed by atoms with Gasteiger partial charge in [-0.2, -0.15) is 4.31 Å². The summed E-state index contributed by atoms with van der Waals surface area (Å²) >= 11 is 19.7. The average molecular weight is 503 g/mol. The van der Waals surface area contributed by atoms with Crippen molar-refractivity contribution in [2.45, 2.75) is 11.8 Å². The van der Waals surface area contributed by atoms with Crippen molar-refractivity contribution in [1.82, 2.24) is 9.29 Å². The summed E-state index contributed by atoms with van der Waals surface area (Å²) in [5.41, 5.74) is 2.55. The monoisotopic (exact) mass is 501 g/mol. The largest absolute Gasteiger partial charge is 0.345 e. The Morgan fingerprint density at radius 2 is 1.63 bits per heavy atom. The van der Waals surface area contributed by atoms with Gasteiger partial charge in [-0.05, 0) is 36.8 Å². The second-order valence-corrected chi connectivity index (χ2v) is 10.9. The Morgan fingerprint density at radius 3 is 2.30 bits per heavy atom. The number of aryl methyl sites for hydroxylation is 1. The zero-order chi connectivity index (χ0) is 21.5. The van der Waals surface area contributed by atoms with E-state index in [1.165, 1.54) is 16.4 Å². The van der Waals surface area contributed by atoms with Gasteiger partial charge in [0.05, 0.1) is 10.7 Å². The van der Waals surface area contributed by atoms with Crippen LogP contribution in [0.3, 0.4) is 0 Å². The van der Waals surface area contributed by atoms with E-state index in [2.05, 4.69) is 4.90 Å². The maximum atomic E-state index is 13.1. The fourth-order valence-electron chi connectivity index (χ4n) is 3.25. The summed E-state index contributed by atoms with van der Waals surface area (Å²) in [4.78, 5) is 6.91. The van der Waals surface area contributed by atoms with Gasteiger partial charge in [0, 0.05) is 47.2 Å². The van der Waals surface area contributed by atoms with Crippen molar-refractivity contribution in [3.63, 3.8) is 0 Å². The van der Waals surface area contributed by atoms with E-state index < -0.39 is 10.0 Å². The molecule has 158 valence electrons. The lowest BCUT2D eigenvalue weighted by Crippen LogP contribution is -2.48. The topological polar surface area (TPSA) is 53.5 Å². The number of anilines is 1. The number of rotatable bonds is 4. The zero-order valence-corrected chi connectivity index (χ0v) is 19.9. The third-order valence-corrected chi connectivity index (χ3v) is 8.90. The van der Waals surface area contributed by atoms with E-state index in [-0.39, 0.29) is 9.92 Å². The molecule has 0 amide bonds. The molecule has 1 aliphatic rings. The predicted molar refractivity (Wildman–Crippen MR) is 125 cm³/mol. The molecule has 4 rings (SSSR count). The van der Waals surface area contributed by atoms with E-state index in [4.69, 9.17) is 39.8 Å². The fraction of sp³-hybridized carbons (Fsp3) is 0.250. The van der Waals surface area contributed by atoms with Crippen molar-refractivity contribution < 1.29 is 8.42 Å². The van der Waals surface area contributed by atoms with Crippen molar-refractivity contribution in [2.75, 3.05) is 31.1 Å². The van der Waals surface area contributed by atoms with Gasteiger partial charge in [0.1, 0.15) is 4.90 Å². The van der Waals surface area contributed by atoms with Crippen LogP contribution in [-0.4, -0.2) is 43.9 Å². The van der Waals surface area contributed by atoms with Crippen molar-refractivity contribution >= 4 is 61.3 Å². The van der Waals surface area contributed by atoms with Crippen molar-refractivity contribution in [2.24, 2.45) is 0 Å². The highest BCUT2D eigenvalue weighted by atomic mass is 35.5. The first-order chi connectivity index (χ1) is 14.3. The summed E-state index contributed by atoms with van der Waals surface area (Å²) in [6, 6.07) is 10.6. The van der Waals surface area contributed by atoms with E-state index in [0.717, 1.165) is 16.4 Å². The second-order valence-electron chi connectivity index (χ2n) is 6.95. The van der Waals surface area contributed by atoms with Crippen LogP contribution in [0.5, 0.6) is 0 Å². The summed E-state index contributed by atoms with van der Waals surface area (Å²) in [5.74, 6) is 0. The smallest absolute Gasteiger partial charge is 0.244 e. The van der Waals surface area contributed by atoms with Crippen LogP contribution in [0.25, 0.3) is 11.3 Å². The molecule has 0 aliphatic carbocycles. The standard InChI is InChI=1S/C20H18Cl3N3O2S2/c1-13-10-19(17(23)11-16(13)22)30(27,28)26-8-6-25(7-9-26)20-24-18(12-29-20)14-2-4-15(21)5-3-14/h2-5,10-12H,6-9H2,1H3. The van der Waals surface area contributed by atoms with Crippen molar-refractivity contribution in [3.8, 4) is 11.3 Å². The van der Waals surface area contributed by atoms with E-state index in [0.29, 0.717) is 41.8 Å². The molecule has 2 aromatic carbocycles.